The molecule has 0 bridgehead atoms. The monoisotopic (exact) mass is 473 g/mol. The molecule has 0 aliphatic heterocycles. The van der Waals surface area contributed by atoms with Crippen molar-refractivity contribution in [3.05, 3.63) is 29.3 Å². The van der Waals surface area contributed by atoms with E-state index in [1.165, 1.54) is 6.92 Å². The molecule has 190 valence electrons. The molecule has 34 heavy (non-hydrogen) atoms. The Morgan fingerprint density at radius 3 is 2.21 bits per heavy atom. The highest BCUT2D eigenvalue weighted by atomic mass is 16.5. The first kappa shape index (κ1) is 27.7. The zero-order chi connectivity index (χ0) is 25.3. The fourth-order valence-corrected chi connectivity index (χ4v) is 4.90. The van der Waals surface area contributed by atoms with E-state index in [0.29, 0.717) is 38.3 Å². The summed E-state index contributed by atoms with van der Waals surface area (Å²) in [6, 6.07) is 5.91. The molecule has 7 nitrogen and oxygen atoms in total. The van der Waals surface area contributed by atoms with Gasteiger partial charge in [-0.1, -0.05) is 37.0 Å². The summed E-state index contributed by atoms with van der Waals surface area (Å²) in [6.07, 6.45) is 4.56. The lowest BCUT2D eigenvalue weighted by Crippen LogP contribution is -2.53. The van der Waals surface area contributed by atoms with Crippen LogP contribution in [0.5, 0.6) is 5.75 Å². The number of rotatable bonds is 11. The van der Waals surface area contributed by atoms with Gasteiger partial charge in [-0.25, -0.2) is 0 Å². The normalized spacial score (nSPS) is 15.8. The Hall–Kier alpha value is -2.57. The summed E-state index contributed by atoms with van der Waals surface area (Å²) in [7, 11) is 0. The van der Waals surface area contributed by atoms with Gasteiger partial charge in [0, 0.05) is 45.1 Å². The van der Waals surface area contributed by atoms with E-state index in [9.17, 15) is 14.4 Å². The molecule has 1 N–H and O–H groups in total. The highest BCUT2D eigenvalue weighted by molar-refractivity contribution is 5.81. The Bertz CT molecular complexity index is 848. The van der Waals surface area contributed by atoms with Crippen molar-refractivity contribution in [2.24, 2.45) is 0 Å². The minimum Gasteiger partial charge on any atom is -0.481 e. The fourth-order valence-electron chi connectivity index (χ4n) is 4.90. The molecule has 1 aromatic carbocycles. The van der Waals surface area contributed by atoms with Gasteiger partial charge in [0.1, 0.15) is 5.75 Å². The van der Waals surface area contributed by atoms with E-state index < -0.39 is 11.6 Å². The van der Waals surface area contributed by atoms with Crippen LogP contribution in [0.3, 0.4) is 0 Å². The van der Waals surface area contributed by atoms with Crippen LogP contribution in [0.4, 0.5) is 0 Å². The predicted molar refractivity (Wildman–Crippen MR) is 135 cm³/mol. The minimum absolute atomic E-state index is 0.0289. The molecule has 1 atom stereocenters. The average molecular weight is 474 g/mol. The molecule has 0 saturated heterocycles. The smallest absolute Gasteiger partial charge is 0.263 e. The van der Waals surface area contributed by atoms with E-state index in [2.05, 4.69) is 5.32 Å². The van der Waals surface area contributed by atoms with Crippen molar-refractivity contribution in [2.45, 2.75) is 91.7 Å². The third-order valence-corrected chi connectivity index (χ3v) is 6.79. The summed E-state index contributed by atoms with van der Waals surface area (Å²) < 4.78 is 5.96. The maximum absolute atomic E-state index is 13.2. The van der Waals surface area contributed by atoms with E-state index in [1.54, 1.807) is 16.7 Å². The van der Waals surface area contributed by atoms with Gasteiger partial charge in [-0.15, -0.1) is 0 Å². The first-order valence-electron chi connectivity index (χ1n) is 12.7. The summed E-state index contributed by atoms with van der Waals surface area (Å²) >= 11 is 0. The van der Waals surface area contributed by atoms with Crippen molar-refractivity contribution < 1.29 is 19.1 Å². The zero-order valence-electron chi connectivity index (χ0n) is 21.9. The van der Waals surface area contributed by atoms with Crippen LogP contribution < -0.4 is 10.1 Å². The lowest BCUT2D eigenvalue weighted by Gasteiger charge is -2.39. The van der Waals surface area contributed by atoms with Gasteiger partial charge in [0.25, 0.3) is 5.91 Å². The second-order valence-electron chi connectivity index (χ2n) is 9.62. The number of carbonyl (C=O) groups is 3. The molecular formula is C27H43N3O4. The Morgan fingerprint density at radius 1 is 1.03 bits per heavy atom. The van der Waals surface area contributed by atoms with E-state index in [4.69, 9.17) is 4.74 Å². The average Bonchev–Trinajstić information content (AvgIpc) is 2.78. The van der Waals surface area contributed by atoms with E-state index in [1.807, 2.05) is 45.9 Å². The maximum atomic E-state index is 13.2. The largest absolute Gasteiger partial charge is 0.481 e. The molecule has 0 heterocycles. The third kappa shape index (κ3) is 7.74. The van der Waals surface area contributed by atoms with Crippen LogP contribution in [-0.4, -0.2) is 65.3 Å². The lowest BCUT2D eigenvalue weighted by atomic mass is 9.79. The van der Waals surface area contributed by atoms with Crippen LogP contribution >= 0.6 is 0 Å². The molecule has 0 radical (unpaired) electrons. The lowest BCUT2D eigenvalue weighted by molar-refractivity contribution is -0.140. The Kier molecular flexibility index (Phi) is 10.4. The first-order chi connectivity index (χ1) is 16.1. The quantitative estimate of drug-likeness (QED) is 0.527. The van der Waals surface area contributed by atoms with Gasteiger partial charge < -0.3 is 19.9 Å². The summed E-state index contributed by atoms with van der Waals surface area (Å²) in [6.45, 7) is 13.2. The summed E-state index contributed by atoms with van der Waals surface area (Å²) in [5.41, 5.74) is 1.71. The van der Waals surface area contributed by atoms with Crippen molar-refractivity contribution >= 4 is 17.7 Å². The van der Waals surface area contributed by atoms with Crippen LogP contribution in [0.25, 0.3) is 0 Å². The molecule has 1 fully saturated rings. The van der Waals surface area contributed by atoms with Crippen molar-refractivity contribution in [3.63, 3.8) is 0 Å². The summed E-state index contributed by atoms with van der Waals surface area (Å²) in [5, 5.41) is 3.08. The Morgan fingerprint density at radius 2 is 1.65 bits per heavy atom. The van der Waals surface area contributed by atoms with Crippen molar-refractivity contribution in [1.29, 1.82) is 0 Å². The van der Waals surface area contributed by atoms with E-state index >= 15 is 0 Å². The number of nitrogens with zero attached hydrogens (tertiary/aromatic N) is 2. The van der Waals surface area contributed by atoms with Gasteiger partial charge in [0.15, 0.2) is 6.10 Å². The van der Waals surface area contributed by atoms with Gasteiger partial charge in [-0.05, 0) is 59.1 Å². The molecule has 1 aromatic rings. The van der Waals surface area contributed by atoms with Gasteiger partial charge in [-0.2, -0.15) is 0 Å². The van der Waals surface area contributed by atoms with Crippen molar-refractivity contribution in [1.82, 2.24) is 15.1 Å². The molecule has 1 unspecified atom stereocenters. The van der Waals surface area contributed by atoms with E-state index in [-0.39, 0.29) is 17.7 Å². The summed E-state index contributed by atoms with van der Waals surface area (Å²) in [5.74, 6) is 0.566. The molecule has 0 spiro atoms. The molecule has 2 rings (SSSR count). The number of hydrogen-bond donors (Lipinski definition) is 1. The van der Waals surface area contributed by atoms with Crippen LogP contribution in [0.15, 0.2) is 18.2 Å². The Balaban J connectivity index is 1.98. The number of nitrogens with one attached hydrogen (secondary N) is 1. The molecular weight excluding hydrogens is 430 g/mol. The fraction of sp³-hybridized carbons (Fsp3) is 0.667. The van der Waals surface area contributed by atoms with Crippen LogP contribution in [-0.2, 0) is 14.4 Å². The number of benzene rings is 1. The molecule has 3 amide bonds. The molecule has 1 aliphatic rings. The van der Waals surface area contributed by atoms with Gasteiger partial charge >= 0.3 is 0 Å². The van der Waals surface area contributed by atoms with Crippen LogP contribution in [0.1, 0.15) is 77.3 Å². The number of ether oxygens (including phenoxy) is 1. The highest BCUT2D eigenvalue weighted by Gasteiger charge is 2.36. The number of carbonyl (C=O) groups excluding carboxylic acids is 3. The Labute approximate surface area is 205 Å². The van der Waals surface area contributed by atoms with Crippen molar-refractivity contribution in [2.75, 3.05) is 26.2 Å². The second-order valence-corrected chi connectivity index (χ2v) is 9.62. The molecule has 1 saturated carbocycles. The zero-order valence-corrected chi connectivity index (χ0v) is 21.9. The van der Waals surface area contributed by atoms with Gasteiger partial charge in [0.05, 0.1) is 0 Å². The third-order valence-electron chi connectivity index (χ3n) is 6.79. The van der Waals surface area contributed by atoms with Gasteiger partial charge in [-0.3, -0.25) is 14.4 Å². The number of amides is 3. The maximum Gasteiger partial charge on any atom is 0.263 e. The summed E-state index contributed by atoms with van der Waals surface area (Å²) in [4.78, 5) is 41.6. The highest BCUT2D eigenvalue weighted by Crippen LogP contribution is 2.31. The second kappa shape index (κ2) is 12.8. The van der Waals surface area contributed by atoms with Crippen LogP contribution in [0.2, 0.25) is 0 Å². The molecule has 1 aliphatic carbocycles. The first-order valence-corrected chi connectivity index (χ1v) is 12.7. The molecule has 0 aromatic heterocycles. The van der Waals surface area contributed by atoms with Crippen LogP contribution in [0, 0.1) is 13.8 Å². The SMILES string of the molecule is CCN(CCN(CC)C(=O)C(C)Oc1ccc(C)cc1C)C(=O)CC1(NC(C)=O)CCCCC1. The predicted octanol–water partition coefficient (Wildman–Crippen LogP) is 4.00. The number of aryl methyl sites for hydroxylation is 2. The van der Waals surface area contributed by atoms with Gasteiger partial charge in [0.2, 0.25) is 11.8 Å². The minimum atomic E-state index is -0.614. The number of likely N-dealkylation sites (N-methyl/N-ethyl adjacent to an activating group) is 2. The van der Waals surface area contributed by atoms with E-state index in [0.717, 1.165) is 43.2 Å². The standard InChI is InChI=1S/C27H43N3O4/c1-7-29(25(32)19-27(28-23(6)31)14-10-9-11-15-27)16-17-30(8-2)26(33)22(5)34-24-13-12-20(3)18-21(24)4/h12-13,18,22H,7-11,14-17,19H2,1-6H3,(H,28,31). The molecule has 7 heteroatoms. The topological polar surface area (TPSA) is 79.0 Å². The number of hydrogen-bond acceptors (Lipinski definition) is 4. The van der Waals surface area contributed by atoms with Crippen molar-refractivity contribution in [3.8, 4) is 5.75 Å².